The number of aliphatic hydroxyl groups is 1. The number of hydrogen-bond acceptors (Lipinski definition) is 6. The molecule has 1 fully saturated rings. The number of aryl methyl sites for hydroxylation is 2. The Morgan fingerprint density at radius 3 is 2.29 bits per heavy atom. The highest BCUT2D eigenvalue weighted by molar-refractivity contribution is 7.92. The van der Waals surface area contributed by atoms with E-state index in [1.54, 1.807) is 37.4 Å². The summed E-state index contributed by atoms with van der Waals surface area (Å²) < 4.78 is 34.1. The van der Waals surface area contributed by atoms with Crippen molar-refractivity contribution < 1.29 is 18.3 Å². The minimum atomic E-state index is -3.78. The Labute approximate surface area is 201 Å². The zero-order valence-corrected chi connectivity index (χ0v) is 20.5. The molecule has 0 saturated carbocycles. The number of nitrogens with one attached hydrogen (secondary N) is 1. The minimum absolute atomic E-state index is 0.125. The topological polar surface area (TPSA) is 82.1 Å². The normalized spacial score (nSPS) is 15.7. The molecule has 0 bridgehead atoms. The number of benzene rings is 3. The largest absolute Gasteiger partial charge is 0.495 e. The zero-order chi connectivity index (χ0) is 24.3. The molecule has 7 nitrogen and oxygen atoms in total. The number of sulfonamides is 1. The number of methoxy groups -OCH3 is 1. The zero-order valence-electron chi connectivity index (χ0n) is 19.7. The molecule has 0 amide bonds. The van der Waals surface area contributed by atoms with Gasteiger partial charge in [-0.2, -0.15) is 0 Å². The number of para-hydroxylation sites is 2. The smallest absolute Gasteiger partial charge is 0.261 e. The first-order chi connectivity index (χ1) is 16.3. The third-order valence-electron chi connectivity index (χ3n) is 6.23. The van der Waals surface area contributed by atoms with E-state index in [1.807, 2.05) is 55.1 Å². The van der Waals surface area contributed by atoms with Gasteiger partial charge in [-0.3, -0.25) is 9.62 Å². The van der Waals surface area contributed by atoms with Gasteiger partial charge < -0.3 is 14.7 Å². The lowest BCUT2D eigenvalue weighted by molar-refractivity contribution is -0.00223. The Kier molecular flexibility index (Phi) is 7.11. The lowest BCUT2D eigenvalue weighted by atomic mass is 10.1. The summed E-state index contributed by atoms with van der Waals surface area (Å²) in [5.41, 5.74) is 4.02. The summed E-state index contributed by atoms with van der Waals surface area (Å²) in [6.07, 6.45) is -0.894. The van der Waals surface area contributed by atoms with Crippen molar-refractivity contribution in [2.45, 2.75) is 25.0 Å². The van der Waals surface area contributed by atoms with Crippen LogP contribution in [0.3, 0.4) is 0 Å². The van der Waals surface area contributed by atoms with E-state index in [2.05, 4.69) is 9.62 Å². The Morgan fingerprint density at radius 1 is 0.941 bits per heavy atom. The lowest BCUT2D eigenvalue weighted by Gasteiger charge is -2.39. The highest BCUT2D eigenvalue weighted by Gasteiger charge is 2.27. The van der Waals surface area contributed by atoms with Crippen LogP contribution in [0.1, 0.15) is 22.9 Å². The standard InChI is InChI=1S/C26H31N3O4S/c1-19-8-11-21(12-9-19)27-34(31,32)22-13-10-20(2)23(18-22)26(30)29-16-14-28(15-17-29)24-6-4-5-7-25(24)33-3/h4-13,18,26-27,30H,14-17H2,1-3H3. The Hall–Kier alpha value is -3.07. The predicted octanol–water partition coefficient (Wildman–Crippen LogP) is 3.93. The molecule has 0 spiro atoms. The highest BCUT2D eigenvalue weighted by Crippen LogP contribution is 2.31. The molecule has 4 rings (SSSR count). The van der Waals surface area contributed by atoms with Crippen molar-refractivity contribution >= 4 is 21.4 Å². The first-order valence-corrected chi connectivity index (χ1v) is 12.8. The molecule has 2 N–H and O–H groups in total. The molecule has 0 aliphatic carbocycles. The van der Waals surface area contributed by atoms with Gasteiger partial charge in [0.2, 0.25) is 0 Å². The van der Waals surface area contributed by atoms with Crippen LogP contribution >= 0.6 is 0 Å². The van der Waals surface area contributed by atoms with Gasteiger partial charge in [0.05, 0.1) is 17.7 Å². The maximum Gasteiger partial charge on any atom is 0.261 e. The highest BCUT2D eigenvalue weighted by atomic mass is 32.2. The number of aliphatic hydroxyl groups excluding tert-OH is 1. The molecule has 180 valence electrons. The van der Waals surface area contributed by atoms with Crippen molar-refractivity contribution in [2.24, 2.45) is 0 Å². The summed E-state index contributed by atoms with van der Waals surface area (Å²) in [5.74, 6) is 0.825. The fourth-order valence-electron chi connectivity index (χ4n) is 4.19. The van der Waals surface area contributed by atoms with Gasteiger partial charge in [-0.25, -0.2) is 8.42 Å². The molecule has 3 aromatic carbocycles. The fraction of sp³-hybridized carbons (Fsp3) is 0.308. The van der Waals surface area contributed by atoms with Crippen molar-refractivity contribution in [1.29, 1.82) is 0 Å². The third-order valence-corrected chi connectivity index (χ3v) is 7.61. The summed E-state index contributed by atoms with van der Waals surface area (Å²) in [6.45, 7) is 6.55. The first kappa shape index (κ1) is 24.1. The fourth-order valence-corrected chi connectivity index (χ4v) is 5.29. The van der Waals surface area contributed by atoms with Crippen molar-refractivity contribution in [3.63, 3.8) is 0 Å². The van der Waals surface area contributed by atoms with E-state index in [0.717, 1.165) is 35.7 Å². The van der Waals surface area contributed by atoms with Gasteiger partial charge >= 0.3 is 0 Å². The van der Waals surface area contributed by atoms with Crippen molar-refractivity contribution in [3.8, 4) is 5.75 Å². The van der Waals surface area contributed by atoms with E-state index in [-0.39, 0.29) is 4.90 Å². The van der Waals surface area contributed by atoms with Gasteiger partial charge in [-0.15, -0.1) is 0 Å². The number of anilines is 2. The van der Waals surface area contributed by atoms with E-state index in [9.17, 15) is 13.5 Å². The quantitative estimate of drug-likeness (QED) is 0.532. The number of rotatable bonds is 7. The second kappa shape index (κ2) is 10.0. The molecule has 1 unspecified atom stereocenters. The summed E-state index contributed by atoms with van der Waals surface area (Å²) in [5, 5.41) is 11.2. The van der Waals surface area contributed by atoms with Crippen LogP contribution in [-0.2, 0) is 10.0 Å². The minimum Gasteiger partial charge on any atom is -0.495 e. The van der Waals surface area contributed by atoms with Gasteiger partial charge in [0, 0.05) is 31.9 Å². The molecule has 0 aromatic heterocycles. The summed E-state index contributed by atoms with van der Waals surface area (Å²) >= 11 is 0. The molecule has 8 heteroatoms. The molecule has 34 heavy (non-hydrogen) atoms. The summed E-state index contributed by atoms with van der Waals surface area (Å²) in [6, 6.07) is 20.0. The number of hydrogen-bond donors (Lipinski definition) is 2. The average Bonchev–Trinajstić information content (AvgIpc) is 2.85. The maximum atomic E-state index is 13.0. The van der Waals surface area contributed by atoms with E-state index in [0.29, 0.717) is 24.3 Å². The molecule has 0 radical (unpaired) electrons. The Morgan fingerprint density at radius 2 is 1.62 bits per heavy atom. The number of piperazine rings is 1. The molecule has 3 aromatic rings. The van der Waals surface area contributed by atoms with E-state index < -0.39 is 16.3 Å². The van der Waals surface area contributed by atoms with Crippen LogP contribution in [0.2, 0.25) is 0 Å². The van der Waals surface area contributed by atoms with Crippen molar-refractivity contribution in [1.82, 2.24) is 4.90 Å². The monoisotopic (exact) mass is 481 g/mol. The lowest BCUT2D eigenvalue weighted by Crippen LogP contribution is -2.47. The van der Waals surface area contributed by atoms with Gasteiger partial charge in [-0.1, -0.05) is 35.9 Å². The van der Waals surface area contributed by atoms with Gasteiger partial charge in [0.1, 0.15) is 12.0 Å². The van der Waals surface area contributed by atoms with E-state index >= 15 is 0 Å². The van der Waals surface area contributed by atoms with Crippen LogP contribution in [0.4, 0.5) is 11.4 Å². The molecular formula is C26H31N3O4S. The molecular weight excluding hydrogens is 450 g/mol. The Bertz CT molecular complexity index is 1240. The van der Waals surface area contributed by atoms with E-state index in [1.165, 1.54) is 0 Å². The molecule has 1 aliphatic rings. The molecule has 1 saturated heterocycles. The second-order valence-corrected chi connectivity index (χ2v) is 10.2. The van der Waals surface area contributed by atoms with Gasteiger partial charge in [0.25, 0.3) is 10.0 Å². The third kappa shape index (κ3) is 5.19. The SMILES string of the molecule is COc1ccccc1N1CCN(C(O)c2cc(S(=O)(=O)Nc3ccc(C)cc3)ccc2C)CC1. The molecule has 1 aliphatic heterocycles. The second-order valence-electron chi connectivity index (χ2n) is 8.56. The van der Waals surface area contributed by atoms with E-state index in [4.69, 9.17) is 4.74 Å². The van der Waals surface area contributed by atoms with Crippen LogP contribution in [0, 0.1) is 13.8 Å². The van der Waals surface area contributed by atoms with Crippen LogP contribution < -0.4 is 14.4 Å². The van der Waals surface area contributed by atoms with Gasteiger partial charge in [-0.05, 0) is 61.4 Å². The maximum absolute atomic E-state index is 13.0. The molecule has 1 heterocycles. The van der Waals surface area contributed by atoms with Crippen LogP contribution in [0.5, 0.6) is 5.75 Å². The Balaban J connectivity index is 1.49. The summed E-state index contributed by atoms with van der Waals surface area (Å²) in [7, 11) is -2.12. The molecule has 1 atom stereocenters. The van der Waals surface area contributed by atoms with Gasteiger partial charge in [0.15, 0.2) is 0 Å². The van der Waals surface area contributed by atoms with Crippen LogP contribution in [0.15, 0.2) is 71.6 Å². The van der Waals surface area contributed by atoms with Crippen molar-refractivity contribution in [3.05, 3.63) is 83.4 Å². The first-order valence-electron chi connectivity index (χ1n) is 11.3. The summed E-state index contributed by atoms with van der Waals surface area (Å²) in [4.78, 5) is 4.33. The number of nitrogens with zero attached hydrogens (tertiary/aromatic N) is 2. The average molecular weight is 482 g/mol. The van der Waals surface area contributed by atoms with Crippen LogP contribution in [0.25, 0.3) is 0 Å². The van der Waals surface area contributed by atoms with Crippen LogP contribution in [-0.4, -0.2) is 51.7 Å². The number of ether oxygens (including phenoxy) is 1. The predicted molar refractivity (Wildman–Crippen MR) is 135 cm³/mol. The van der Waals surface area contributed by atoms with Crippen molar-refractivity contribution in [2.75, 3.05) is 42.9 Å².